The molecule has 0 saturated heterocycles. The van der Waals surface area contributed by atoms with Gasteiger partial charge in [0.1, 0.15) is 22.9 Å². The third kappa shape index (κ3) is 5.31. The Kier molecular flexibility index (Phi) is 7.12. The number of carbonyl (C=O) groups excluding carboxylic acids is 1. The second-order valence-electron chi connectivity index (χ2n) is 7.61. The minimum atomic E-state index is -0.246. The molecule has 0 aliphatic carbocycles. The Morgan fingerprint density at radius 1 is 1.16 bits per heavy atom. The smallest absolute Gasteiger partial charge is 0.287 e. The van der Waals surface area contributed by atoms with E-state index in [2.05, 4.69) is 41.5 Å². The van der Waals surface area contributed by atoms with Crippen molar-refractivity contribution in [3.8, 4) is 5.75 Å². The average molecular weight is 468 g/mol. The topological polar surface area (TPSA) is 77.2 Å². The molecule has 2 aromatic carbocycles. The van der Waals surface area contributed by atoms with Crippen molar-refractivity contribution in [2.75, 3.05) is 13.2 Å². The molecular formula is C24H25N3O3S2. The molecule has 0 aliphatic rings. The average Bonchev–Trinajstić information content (AvgIpc) is 3.38. The van der Waals surface area contributed by atoms with Crippen LogP contribution in [0.4, 0.5) is 0 Å². The van der Waals surface area contributed by atoms with E-state index >= 15 is 0 Å². The number of rotatable bonds is 9. The maximum absolute atomic E-state index is 12.9. The lowest BCUT2D eigenvalue weighted by atomic mass is 10.0. The molecule has 32 heavy (non-hydrogen) atoms. The summed E-state index contributed by atoms with van der Waals surface area (Å²) in [4.78, 5) is 12.9. The number of thioether (sulfide) groups is 1. The van der Waals surface area contributed by atoms with Crippen LogP contribution in [0.2, 0.25) is 0 Å². The first kappa shape index (κ1) is 22.4. The first-order valence-electron chi connectivity index (χ1n) is 10.5. The van der Waals surface area contributed by atoms with E-state index in [9.17, 15) is 4.79 Å². The third-order valence-corrected chi connectivity index (χ3v) is 6.95. The van der Waals surface area contributed by atoms with Crippen LogP contribution >= 0.6 is 23.1 Å². The molecule has 0 unspecified atom stereocenters. The van der Waals surface area contributed by atoms with Crippen molar-refractivity contribution in [1.82, 2.24) is 15.5 Å². The van der Waals surface area contributed by atoms with Crippen molar-refractivity contribution in [3.63, 3.8) is 0 Å². The van der Waals surface area contributed by atoms with Crippen molar-refractivity contribution >= 4 is 40.0 Å². The van der Waals surface area contributed by atoms with E-state index < -0.39 is 0 Å². The summed E-state index contributed by atoms with van der Waals surface area (Å²) in [5.74, 6) is 1.94. The molecule has 0 aliphatic heterocycles. The van der Waals surface area contributed by atoms with Gasteiger partial charge < -0.3 is 14.5 Å². The van der Waals surface area contributed by atoms with Gasteiger partial charge in [-0.1, -0.05) is 67.3 Å². The summed E-state index contributed by atoms with van der Waals surface area (Å²) in [7, 11) is 0. The zero-order valence-electron chi connectivity index (χ0n) is 18.3. The Labute approximate surface area is 195 Å². The molecule has 6 nitrogen and oxygen atoms in total. The first-order chi connectivity index (χ1) is 15.5. The number of amides is 1. The van der Waals surface area contributed by atoms with E-state index in [4.69, 9.17) is 9.15 Å². The summed E-state index contributed by atoms with van der Waals surface area (Å²) in [5.41, 5.74) is 2.83. The fraction of sp³-hybridized carbons (Fsp3) is 0.292. The highest BCUT2D eigenvalue weighted by Crippen LogP contribution is 2.33. The van der Waals surface area contributed by atoms with Gasteiger partial charge in [0.15, 0.2) is 10.1 Å². The van der Waals surface area contributed by atoms with Gasteiger partial charge in [-0.2, -0.15) is 0 Å². The number of aromatic nitrogens is 2. The van der Waals surface area contributed by atoms with E-state index in [-0.39, 0.29) is 5.91 Å². The van der Waals surface area contributed by atoms with Gasteiger partial charge in [0, 0.05) is 16.7 Å². The number of furan rings is 1. The molecule has 0 spiro atoms. The van der Waals surface area contributed by atoms with Crippen molar-refractivity contribution < 1.29 is 13.9 Å². The molecule has 1 N–H and O–H groups in total. The highest BCUT2D eigenvalue weighted by molar-refractivity contribution is 8.00. The molecule has 0 radical (unpaired) electrons. The summed E-state index contributed by atoms with van der Waals surface area (Å²) >= 11 is 3.09. The van der Waals surface area contributed by atoms with Crippen LogP contribution < -0.4 is 10.1 Å². The predicted molar refractivity (Wildman–Crippen MR) is 129 cm³/mol. The second kappa shape index (κ2) is 10.2. The van der Waals surface area contributed by atoms with Crippen LogP contribution in [0.1, 0.15) is 46.5 Å². The first-order valence-corrected chi connectivity index (χ1v) is 12.3. The minimum absolute atomic E-state index is 0.246. The molecule has 8 heteroatoms. The van der Waals surface area contributed by atoms with Gasteiger partial charge in [-0.15, -0.1) is 10.2 Å². The number of para-hydroxylation sites is 1. The van der Waals surface area contributed by atoms with Crippen molar-refractivity contribution in [3.05, 3.63) is 70.4 Å². The van der Waals surface area contributed by atoms with Crippen molar-refractivity contribution in [2.45, 2.75) is 36.8 Å². The van der Waals surface area contributed by atoms with Crippen LogP contribution in [0.25, 0.3) is 11.0 Å². The lowest BCUT2D eigenvalue weighted by Crippen LogP contribution is -2.28. The maximum Gasteiger partial charge on any atom is 0.287 e. The standard InChI is InChI=1S/C24H25N3O3S2/c1-15(2)17-8-10-18(11-9-17)29-13-12-25-23(28)22-20(14-31-24-27-26-16(3)32-24)19-6-4-5-7-21(19)30-22/h4-11,15H,12-14H2,1-3H3,(H,25,28). The zero-order chi connectivity index (χ0) is 22.5. The van der Waals surface area contributed by atoms with Crippen molar-refractivity contribution in [1.29, 1.82) is 0 Å². The summed E-state index contributed by atoms with van der Waals surface area (Å²) in [6.45, 7) is 7.00. The van der Waals surface area contributed by atoms with E-state index in [0.717, 1.165) is 26.0 Å². The Morgan fingerprint density at radius 2 is 1.94 bits per heavy atom. The van der Waals surface area contributed by atoms with E-state index in [1.54, 1.807) is 11.8 Å². The molecule has 1 amide bonds. The lowest BCUT2D eigenvalue weighted by molar-refractivity contribution is 0.0920. The fourth-order valence-electron chi connectivity index (χ4n) is 3.26. The molecule has 0 bridgehead atoms. The highest BCUT2D eigenvalue weighted by Gasteiger charge is 2.21. The largest absolute Gasteiger partial charge is 0.492 e. The number of hydrogen-bond acceptors (Lipinski definition) is 7. The van der Waals surface area contributed by atoms with E-state index in [0.29, 0.717) is 36.2 Å². The number of nitrogens with zero attached hydrogens (tertiary/aromatic N) is 2. The third-order valence-electron chi connectivity index (χ3n) is 4.96. The molecule has 4 aromatic rings. The summed E-state index contributed by atoms with van der Waals surface area (Å²) in [6.07, 6.45) is 0. The van der Waals surface area contributed by atoms with Crippen LogP contribution in [0, 0.1) is 6.92 Å². The number of ether oxygens (including phenoxy) is 1. The molecule has 2 heterocycles. The van der Waals surface area contributed by atoms with Crippen molar-refractivity contribution in [2.24, 2.45) is 0 Å². The van der Waals surface area contributed by atoms with Gasteiger partial charge in [-0.3, -0.25) is 4.79 Å². The van der Waals surface area contributed by atoms with Crippen LogP contribution in [0.15, 0.2) is 57.3 Å². The minimum Gasteiger partial charge on any atom is -0.492 e. The molecule has 4 rings (SSSR count). The molecule has 0 fully saturated rings. The lowest BCUT2D eigenvalue weighted by Gasteiger charge is -2.09. The maximum atomic E-state index is 12.9. The van der Waals surface area contributed by atoms with E-state index in [1.165, 1.54) is 16.9 Å². The van der Waals surface area contributed by atoms with Crippen LogP contribution in [-0.4, -0.2) is 29.3 Å². The Morgan fingerprint density at radius 3 is 2.66 bits per heavy atom. The van der Waals surface area contributed by atoms with Gasteiger partial charge in [0.05, 0.1) is 6.54 Å². The molecular weight excluding hydrogens is 442 g/mol. The second-order valence-corrected chi connectivity index (χ2v) is 10.0. The number of fused-ring (bicyclic) bond motifs is 1. The molecule has 166 valence electrons. The number of nitrogens with one attached hydrogen (secondary N) is 1. The number of carbonyl (C=O) groups is 1. The highest BCUT2D eigenvalue weighted by atomic mass is 32.2. The van der Waals surface area contributed by atoms with Crippen LogP contribution in [-0.2, 0) is 5.75 Å². The Balaban J connectivity index is 1.39. The van der Waals surface area contributed by atoms with Gasteiger partial charge in [-0.25, -0.2) is 0 Å². The summed E-state index contributed by atoms with van der Waals surface area (Å²) < 4.78 is 12.5. The van der Waals surface area contributed by atoms with Gasteiger partial charge in [0.25, 0.3) is 5.91 Å². The van der Waals surface area contributed by atoms with E-state index in [1.807, 2.05) is 43.3 Å². The monoisotopic (exact) mass is 467 g/mol. The molecule has 2 aromatic heterocycles. The molecule has 0 atom stereocenters. The van der Waals surface area contributed by atoms with Gasteiger partial charge >= 0.3 is 0 Å². The number of benzene rings is 2. The quantitative estimate of drug-likeness (QED) is 0.247. The zero-order valence-corrected chi connectivity index (χ0v) is 19.9. The molecule has 0 saturated carbocycles. The van der Waals surface area contributed by atoms with Gasteiger partial charge in [0.2, 0.25) is 0 Å². The Hall–Kier alpha value is -2.84. The van der Waals surface area contributed by atoms with Crippen LogP contribution in [0.3, 0.4) is 0 Å². The summed E-state index contributed by atoms with van der Waals surface area (Å²) in [6, 6.07) is 15.7. The summed E-state index contributed by atoms with van der Waals surface area (Å²) in [5, 5.41) is 13.0. The SMILES string of the molecule is Cc1nnc(SCc2c(C(=O)NCCOc3ccc(C(C)C)cc3)oc3ccccc23)s1. The fourth-order valence-corrected chi connectivity index (χ4v) is 5.10. The number of hydrogen-bond donors (Lipinski definition) is 1. The Bertz CT molecular complexity index is 1200. The van der Waals surface area contributed by atoms with Crippen LogP contribution in [0.5, 0.6) is 5.75 Å². The predicted octanol–water partition coefficient (Wildman–Crippen LogP) is 5.82. The normalized spacial score (nSPS) is 11.2. The number of aryl methyl sites for hydroxylation is 1. The van der Waals surface area contributed by atoms with Gasteiger partial charge in [-0.05, 0) is 36.6 Å².